The number of benzene rings is 2. The van der Waals surface area contributed by atoms with Crippen LogP contribution in [-0.4, -0.2) is 34.2 Å². The number of para-hydroxylation sites is 1. The van der Waals surface area contributed by atoms with E-state index in [0.717, 1.165) is 13.2 Å². The first kappa shape index (κ1) is 21.5. The predicted molar refractivity (Wildman–Crippen MR) is 111 cm³/mol. The maximum absolute atomic E-state index is 12.3. The maximum atomic E-state index is 12.3. The number of non-ortho nitro benzene ring substituents is 1. The Balaban J connectivity index is 2.17. The molecule has 0 spiro atoms. The summed E-state index contributed by atoms with van der Waals surface area (Å²) < 4.78 is 10.6. The summed E-state index contributed by atoms with van der Waals surface area (Å²) >= 11 is 1.19. The second-order valence-electron chi connectivity index (χ2n) is 5.94. The third kappa shape index (κ3) is 4.39. The second kappa shape index (κ2) is 9.10. The molecule has 0 radical (unpaired) electrons. The van der Waals surface area contributed by atoms with Gasteiger partial charge in [-0.1, -0.05) is 23.9 Å². The lowest BCUT2D eigenvalue weighted by atomic mass is 10.1. The largest absolute Gasteiger partial charge is 0.465 e. The SMILES string of the molecule is COC(=O)c1cc([N+](=O)[O-])ccc1Oc1ccccc1-c1nc(SC)[nH]c(=O)c1C#N. The summed E-state index contributed by atoms with van der Waals surface area (Å²) in [6.45, 7) is 0. The number of ether oxygens (including phenoxy) is 2. The highest BCUT2D eigenvalue weighted by molar-refractivity contribution is 7.98. The number of aromatic nitrogens is 2. The van der Waals surface area contributed by atoms with E-state index in [1.165, 1.54) is 23.9 Å². The standard InChI is InChI=1S/C20H14N4O6S/c1-29-19(26)13-9-11(24(27)28)7-8-16(13)30-15-6-4-3-5-12(15)17-14(10-21)18(25)23-20(22-17)31-2/h3-9H,1-2H3,(H,22,23,25). The summed E-state index contributed by atoms with van der Waals surface area (Å²) in [4.78, 5) is 41.7. The number of carbonyl (C=O) groups is 1. The van der Waals surface area contributed by atoms with Crippen LogP contribution in [0.3, 0.4) is 0 Å². The number of nitriles is 1. The molecule has 0 unspecified atom stereocenters. The van der Waals surface area contributed by atoms with Crippen LogP contribution in [0.25, 0.3) is 11.3 Å². The normalized spacial score (nSPS) is 10.2. The number of carbonyl (C=O) groups excluding carboxylic acids is 1. The summed E-state index contributed by atoms with van der Waals surface area (Å²) in [5.41, 5.74) is -0.838. The number of H-pyrrole nitrogens is 1. The van der Waals surface area contributed by atoms with E-state index in [1.54, 1.807) is 30.5 Å². The average Bonchev–Trinajstić information content (AvgIpc) is 2.78. The van der Waals surface area contributed by atoms with Gasteiger partial charge in [-0.3, -0.25) is 14.9 Å². The molecule has 31 heavy (non-hydrogen) atoms. The summed E-state index contributed by atoms with van der Waals surface area (Å²) in [6.07, 6.45) is 1.72. The highest BCUT2D eigenvalue weighted by atomic mass is 32.2. The van der Waals surface area contributed by atoms with E-state index in [2.05, 4.69) is 9.97 Å². The molecule has 0 saturated carbocycles. The number of thioether (sulfide) groups is 1. The zero-order chi connectivity index (χ0) is 22.5. The van der Waals surface area contributed by atoms with E-state index in [0.29, 0.717) is 10.7 Å². The van der Waals surface area contributed by atoms with Crippen LogP contribution in [0.15, 0.2) is 52.4 Å². The Bertz CT molecular complexity index is 1280. The van der Waals surface area contributed by atoms with Crippen molar-refractivity contribution in [3.05, 3.63) is 74.1 Å². The Hall–Kier alpha value is -4.17. The number of nitro groups is 1. The molecular weight excluding hydrogens is 424 g/mol. The van der Waals surface area contributed by atoms with Crippen LogP contribution >= 0.6 is 11.8 Å². The van der Waals surface area contributed by atoms with Crippen LogP contribution < -0.4 is 10.3 Å². The smallest absolute Gasteiger partial charge is 0.341 e. The molecule has 3 aromatic rings. The van der Waals surface area contributed by atoms with Crippen molar-refractivity contribution in [2.24, 2.45) is 0 Å². The molecule has 0 aliphatic heterocycles. The monoisotopic (exact) mass is 438 g/mol. The summed E-state index contributed by atoms with van der Waals surface area (Å²) in [7, 11) is 1.14. The van der Waals surface area contributed by atoms with Gasteiger partial charge in [0.1, 0.15) is 34.4 Å². The Morgan fingerprint density at radius 1 is 1.26 bits per heavy atom. The number of nitrogens with zero attached hydrogens (tertiary/aromatic N) is 3. The number of aromatic amines is 1. The molecule has 0 amide bonds. The third-order valence-electron chi connectivity index (χ3n) is 4.14. The van der Waals surface area contributed by atoms with Crippen LogP contribution in [0.1, 0.15) is 15.9 Å². The Morgan fingerprint density at radius 3 is 2.65 bits per heavy atom. The van der Waals surface area contributed by atoms with Gasteiger partial charge in [-0.2, -0.15) is 5.26 Å². The minimum atomic E-state index is -0.826. The number of nitro benzene ring substituents is 1. The lowest BCUT2D eigenvalue weighted by Crippen LogP contribution is -2.14. The van der Waals surface area contributed by atoms with Gasteiger partial charge in [0.25, 0.3) is 11.2 Å². The molecule has 1 heterocycles. The van der Waals surface area contributed by atoms with Crippen LogP contribution in [0.5, 0.6) is 11.5 Å². The number of hydrogen-bond donors (Lipinski definition) is 1. The zero-order valence-corrected chi connectivity index (χ0v) is 17.1. The number of esters is 1. The van der Waals surface area contributed by atoms with Crippen molar-refractivity contribution >= 4 is 23.4 Å². The zero-order valence-electron chi connectivity index (χ0n) is 16.2. The molecule has 0 atom stereocenters. The molecule has 0 aliphatic carbocycles. The van der Waals surface area contributed by atoms with Gasteiger partial charge in [-0.15, -0.1) is 0 Å². The van der Waals surface area contributed by atoms with Crippen LogP contribution in [0.2, 0.25) is 0 Å². The molecule has 1 N–H and O–H groups in total. The minimum absolute atomic E-state index is 0.00154. The van der Waals surface area contributed by atoms with Crippen molar-refractivity contribution in [2.75, 3.05) is 13.4 Å². The molecule has 3 rings (SSSR count). The molecule has 11 heteroatoms. The number of rotatable bonds is 6. The van der Waals surface area contributed by atoms with Gasteiger partial charge in [0.05, 0.1) is 12.0 Å². The molecule has 10 nitrogen and oxygen atoms in total. The van der Waals surface area contributed by atoms with Gasteiger partial charge in [0, 0.05) is 17.7 Å². The molecule has 0 fully saturated rings. The topological polar surface area (TPSA) is 148 Å². The molecule has 0 saturated heterocycles. The van der Waals surface area contributed by atoms with Crippen LogP contribution in [0.4, 0.5) is 5.69 Å². The number of methoxy groups -OCH3 is 1. The summed E-state index contributed by atoms with van der Waals surface area (Å²) in [5.74, 6) is -0.644. The fraction of sp³-hybridized carbons (Fsp3) is 0.100. The molecule has 2 aromatic carbocycles. The lowest BCUT2D eigenvalue weighted by Gasteiger charge is -2.14. The average molecular weight is 438 g/mol. The Morgan fingerprint density at radius 2 is 2.00 bits per heavy atom. The molecule has 0 bridgehead atoms. The van der Waals surface area contributed by atoms with Crippen LogP contribution in [0, 0.1) is 21.4 Å². The van der Waals surface area contributed by atoms with Gasteiger partial charge in [-0.05, 0) is 24.5 Å². The first-order valence-corrected chi connectivity index (χ1v) is 9.84. The van der Waals surface area contributed by atoms with Crippen molar-refractivity contribution < 1.29 is 19.2 Å². The van der Waals surface area contributed by atoms with Crippen LogP contribution in [-0.2, 0) is 4.74 Å². The highest BCUT2D eigenvalue weighted by Gasteiger charge is 2.22. The molecular formula is C20H14N4O6S. The summed E-state index contributed by atoms with van der Waals surface area (Å²) in [6, 6.07) is 11.8. The minimum Gasteiger partial charge on any atom is -0.465 e. The van der Waals surface area contributed by atoms with Gasteiger partial charge >= 0.3 is 5.97 Å². The van der Waals surface area contributed by atoms with Gasteiger partial charge in [0.15, 0.2) is 5.16 Å². The highest BCUT2D eigenvalue weighted by Crippen LogP contribution is 2.36. The Kier molecular flexibility index (Phi) is 6.32. The van der Waals surface area contributed by atoms with Gasteiger partial charge < -0.3 is 14.5 Å². The molecule has 156 valence electrons. The van der Waals surface area contributed by atoms with E-state index < -0.39 is 16.5 Å². The van der Waals surface area contributed by atoms with Gasteiger partial charge in [0.2, 0.25) is 0 Å². The first-order chi connectivity index (χ1) is 14.9. The van der Waals surface area contributed by atoms with E-state index in [9.17, 15) is 25.0 Å². The maximum Gasteiger partial charge on any atom is 0.341 e. The van der Waals surface area contributed by atoms with E-state index >= 15 is 0 Å². The van der Waals surface area contributed by atoms with E-state index in [-0.39, 0.29) is 34.0 Å². The fourth-order valence-corrected chi connectivity index (χ4v) is 3.08. The number of nitrogens with one attached hydrogen (secondary N) is 1. The van der Waals surface area contributed by atoms with Gasteiger partial charge in [-0.25, -0.2) is 9.78 Å². The first-order valence-electron chi connectivity index (χ1n) is 8.62. The lowest BCUT2D eigenvalue weighted by molar-refractivity contribution is -0.384. The summed E-state index contributed by atoms with van der Waals surface area (Å²) in [5, 5.41) is 20.8. The van der Waals surface area contributed by atoms with E-state index in [4.69, 9.17) is 9.47 Å². The number of hydrogen-bond acceptors (Lipinski definition) is 9. The molecule has 0 aliphatic rings. The van der Waals surface area contributed by atoms with Crippen molar-refractivity contribution in [3.8, 4) is 28.8 Å². The van der Waals surface area contributed by atoms with E-state index in [1.807, 2.05) is 6.07 Å². The Labute approximate surface area is 179 Å². The predicted octanol–water partition coefficient (Wildman–Crippen LogP) is 3.52. The van der Waals surface area contributed by atoms with Crippen molar-refractivity contribution in [1.29, 1.82) is 5.26 Å². The quantitative estimate of drug-likeness (QED) is 0.200. The van der Waals surface area contributed by atoms with Crippen molar-refractivity contribution in [3.63, 3.8) is 0 Å². The van der Waals surface area contributed by atoms with Crippen molar-refractivity contribution in [2.45, 2.75) is 5.16 Å². The van der Waals surface area contributed by atoms with Crippen molar-refractivity contribution in [1.82, 2.24) is 9.97 Å². The molecule has 1 aromatic heterocycles. The fourth-order valence-electron chi connectivity index (χ4n) is 2.71. The second-order valence-corrected chi connectivity index (χ2v) is 6.73. The third-order valence-corrected chi connectivity index (χ3v) is 4.72.